The normalized spacial score (nSPS) is 12.9. The molecule has 2 N–H and O–H groups in total. The lowest BCUT2D eigenvalue weighted by Gasteiger charge is -2.24. The Hall–Kier alpha value is -3.34. The molecule has 1 heterocycles. The Kier molecular flexibility index (Phi) is 8.36. The van der Waals surface area contributed by atoms with Gasteiger partial charge in [0.25, 0.3) is 0 Å². The van der Waals surface area contributed by atoms with Crippen molar-refractivity contribution in [2.24, 2.45) is 0 Å². The molecule has 2 aromatic carbocycles. The second-order valence-corrected chi connectivity index (χ2v) is 10.3. The third-order valence-corrected chi connectivity index (χ3v) is 6.96. The maximum Gasteiger partial charge on any atom is 0.573 e. The highest BCUT2D eigenvalue weighted by Crippen LogP contribution is 2.39. The third kappa shape index (κ3) is 6.15. The quantitative estimate of drug-likeness (QED) is 0.421. The largest absolute Gasteiger partial charge is 0.573 e. The van der Waals surface area contributed by atoms with Crippen molar-refractivity contribution in [2.75, 3.05) is 19.3 Å². The van der Waals surface area contributed by atoms with Crippen LogP contribution in [0.5, 0.6) is 5.75 Å². The van der Waals surface area contributed by atoms with Crippen molar-refractivity contribution in [1.29, 1.82) is 0 Å². The zero-order valence-electron chi connectivity index (χ0n) is 21.3. The summed E-state index contributed by atoms with van der Waals surface area (Å²) in [6.45, 7) is 7.96. The van der Waals surface area contributed by atoms with E-state index < -0.39 is 28.3 Å². The lowest BCUT2D eigenvalue weighted by molar-refractivity contribution is -0.274. The van der Waals surface area contributed by atoms with E-state index in [0.717, 1.165) is 0 Å². The maximum atomic E-state index is 13.1. The SMILES string of the molecule is CCNC(=O)Cn1c(-c2ccc(OC(F)(F)F)cc2)c(S(C)=O)c2cc(C(C)(C)C(=O)NCC)ccc21. The summed E-state index contributed by atoms with van der Waals surface area (Å²) in [5.74, 6) is -0.846. The standard InChI is InChI=1S/C26H30F3N3O4S/c1-6-30-21(33)15-32-20-13-10-17(25(3,4)24(34)31-7-2)14-19(20)23(37(5)35)22(32)16-8-11-18(12-9-16)36-26(27,28)29/h8-14H,6-7,15H2,1-5H3,(H,30,33)(H,31,34). The number of amides is 2. The molecule has 7 nitrogen and oxygen atoms in total. The lowest BCUT2D eigenvalue weighted by atomic mass is 9.83. The van der Waals surface area contributed by atoms with Crippen LogP contribution < -0.4 is 15.4 Å². The molecule has 0 aliphatic rings. The van der Waals surface area contributed by atoms with Crippen LogP contribution >= 0.6 is 0 Å². The Morgan fingerprint density at radius 1 is 1.00 bits per heavy atom. The van der Waals surface area contributed by atoms with Crippen molar-refractivity contribution in [3.05, 3.63) is 48.0 Å². The number of nitrogens with one attached hydrogen (secondary N) is 2. The summed E-state index contributed by atoms with van der Waals surface area (Å²) < 4.78 is 56.7. The van der Waals surface area contributed by atoms with Gasteiger partial charge in [-0.05, 0) is 75.2 Å². The predicted molar refractivity (Wildman–Crippen MR) is 137 cm³/mol. The highest BCUT2D eigenvalue weighted by molar-refractivity contribution is 7.84. The smallest absolute Gasteiger partial charge is 0.406 e. The molecule has 0 bridgehead atoms. The van der Waals surface area contributed by atoms with Crippen LogP contribution in [0.15, 0.2) is 47.4 Å². The molecule has 3 aromatic rings. The van der Waals surface area contributed by atoms with E-state index in [0.29, 0.717) is 45.7 Å². The van der Waals surface area contributed by atoms with E-state index in [1.165, 1.54) is 30.5 Å². The molecule has 0 saturated heterocycles. The number of hydrogen-bond acceptors (Lipinski definition) is 4. The molecule has 200 valence electrons. The first-order valence-corrected chi connectivity index (χ1v) is 13.3. The van der Waals surface area contributed by atoms with Crippen LogP contribution in [0.2, 0.25) is 0 Å². The number of alkyl halides is 3. The minimum Gasteiger partial charge on any atom is -0.406 e. The summed E-state index contributed by atoms with van der Waals surface area (Å²) in [6, 6.07) is 10.6. The Bertz CT molecular complexity index is 1330. The minimum absolute atomic E-state index is 0.100. The molecular weight excluding hydrogens is 507 g/mol. The average molecular weight is 538 g/mol. The van der Waals surface area contributed by atoms with Gasteiger partial charge < -0.3 is 19.9 Å². The molecule has 0 radical (unpaired) electrons. The van der Waals surface area contributed by atoms with Crippen LogP contribution in [-0.2, 0) is 32.3 Å². The summed E-state index contributed by atoms with van der Waals surface area (Å²) in [7, 11) is -1.55. The first-order valence-electron chi connectivity index (χ1n) is 11.7. The topological polar surface area (TPSA) is 89.4 Å². The molecule has 11 heteroatoms. The van der Waals surface area contributed by atoms with Crippen molar-refractivity contribution in [2.45, 2.75) is 50.9 Å². The Morgan fingerprint density at radius 3 is 2.16 bits per heavy atom. The molecule has 0 aliphatic carbocycles. The monoisotopic (exact) mass is 537 g/mol. The fourth-order valence-corrected chi connectivity index (χ4v) is 5.15. The second-order valence-electron chi connectivity index (χ2n) is 8.96. The zero-order chi connectivity index (χ0) is 27.5. The Morgan fingerprint density at radius 2 is 1.62 bits per heavy atom. The molecule has 37 heavy (non-hydrogen) atoms. The average Bonchev–Trinajstić information content (AvgIpc) is 3.12. The van der Waals surface area contributed by atoms with Gasteiger partial charge in [0.15, 0.2) is 0 Å². The summed E-state index contributed by atoms with van der Waals surface area (Å²) in [5, 5.41) is 6.16. The van der Waals surface area contributed by atoms with E-state index in [4.69, 9.17) is 0 Å². The van der Waals surface area contributed by atoms with Crippen LogP contribution in [0, 0.1) is 0 Å². The summed E-state index contributed by atoms with van der Waals surface area (Å²) in [5.41, 5.74) is 1.30. The summed E-state index contributed by atoms with van der Waals surface area (Å²) in [6.07, 6.45) is -3.34. The molecule has 2 amide bonds. The molecule has 1 aromatic heterocycles. The number of hydrogen-bond donors (Lipinski definition) is 2. The molecule has 1 atom stereocenters. The van der Waals surface area contributed by atoms with Crippen molar-refractivity contribution < 1.29 is 31.7 Å². The fourth-order valence-electron chi connectivity index (χ4n) is 4.18. The molecule has 1 unspecified atom stereocenters. The number of ether oxygens (including phenoxy) is 1. The molecule has 0 saturated carbocycles. The van der Waals surface area contributed by atoms with Gasteiger partial charge in [-0.15, -0.1) is 13.2 Å². The van der Waals surface area contributed by atoms with Crippen LogP contribution in [-0.4, -0.2) is 46.3 Å². The Labute approximate surface area is 215 Å². The van der Waals surface area contributed by atoms with Crippen molar-refractivity contribution in [3.63, 3.8) is 0 Å². The molecule has 3 rings (SSSR count). The van der Waals surface area contributed by atoms with Crippen molar-refractivity contribution in [3.8, 4) is 17.0 Å². The van der Waals surface area contributed by atoms with E-state index in [9.17, 15) is 27.0 Å². The highest BCUT2D eigenvalue weighted by Gasteiger charge is 2.32. The van der Waals surface area contributed by atoms with Crippen LogP contribution in [0.3, 0.4) is 0 Å². The van der Waals surface area contributed by atoms with E-state index in [-0.39, 0.29) is 18.4 Å². The van der Waals surface area contributed by atoms with Gasteiger partial charge in [-0.3, -0.25) is 13.8 Å². The molecule has 0 spiro atoms. The van der Waals surface area contributed by atoms with E-state index in [1.54, 1.807) is 43.5 Å². The second kappa shape index (κ2) is 11.0. The van der Waals surface area contributed by atoms with E-state index >= 15 is 0 Å². The number of nitrogens with zero attached hydrogens (tertiary/aromatic N) is 1. The van der Waals surface area contributed by atoms with Gasteiger partial charge in [0, 0.05) is 24.7 Å². The van der Waals surface area contributed by atoms with Crippen LogP contribution in [0.25, 0.3) is 22.2 Å². The number of likely N-dealkylation sites (N-methyl/N-ethyl adjacent to an activating group) is 2. The minimum atomic E-state index is -4.84. The van der Waals surface area contributed by atoms with Gasteiger partial charge in [0.05, 0.1) is 32.3 Å². The van der Waals surface area contributed by atoms with Crippen molar-refractivity contribution in [1.82, 2.24) is 15.2 Å². The number of halogens is 3. The Balaban J connectivity index is 2.27. The van der Waals surface area contributed by atoms with Crippen LogP contribution in [0.4, 0.5) is 13.2 Å². The van der Waals surface area contributed by atoms with Crippen molar-refractivity contribution >= 4 is 33.5 Å². The maximum absolute atomic E-state index is 13.1. The first-order chi connectivity index (χ1) is 17.3. The van der Waals surface area contributed by atoms with Crippen LogP contribution in [0.1, 0.15) is 33.3 Å². The van der Waals surface area contributed by atoms with Gasteiger partial charge in [-0.25, -0.2) is 0 Å². The number of aromatic nitrogens is 1. The fraction of sp³-hybridized carbons (Fsp3) is 0.385. The number of carbonyl (C=O) groups excluding carboxylic acids is 2. The zero-order valence-corrected chi connectivity index (χ0v) is 22.1. The molecule has 0 fully saturated rings. The number of rotatable bonds is 9. The van der Waals surface area contributed by atoms with Gasteiger partial charge in [-0.1, -0.05) is 6.07 Å². The highest BCUT2D eigenvalue weighted by atomic mass is 32.2. The number of benzene rings is 2. The van der Waals surface area contributed by atoms with Gasteiger partial charge in [-0.2, -0.15) is 0 Å². The summed E-state index contributed by atoms with van der Waals surface area (Å²) >= 11 is 0. The van der Waals surface area contributed by atoms with Gasteiger partial charge in [0.2, 0.25) is 11.8 Å². The van der Waals surface area contributed by atoms with E-state index in [2.05, 4.69) is 15.4 Å². The number of carbonyl (C=O) groups is 2. The lowest BCUT2D eigenvalue weighted by Crippen LogP contribution is -2.39. The molecule has 0 aliphatic heterocycles. The van der Waals surface area contributed by atoms with Gasteiger partial charge in [0.1, 0.15) is 12.3 Å². The van der Waals surface area contributed by atoms with E-state index in [1.807, 2.05) is 6.92 Å². The summed E-state index contributed by atoms with van der Waals surface area (Å²) in [4.78, 5) is 25.8. The first kappa shape index (κ1) is 28.2. The molecular formula is C26H30F3N3O4S. The van der Waals surface area contributed by atoms with Gasteiger partial charge >= 0.3 is 6.36 Å². The number of fused-ring (bicyclic) bond motifs is 1. The third-order valence-electron chi connectivity index (χ3n) is 5.97. The predicted octanol–water partition coefficient (Wildman–Crippen LogP) is 4.49.